The van der Waals surface area contributed by atoms with E-state index in [1.807, 2.05) is 30.3 Å². The highest BCUT2D eigenvalue weighted by Crippen LogP contribution is 2.40. The maximum atomic E-state index is 12.3. The van der Waals surface area contributed by atoms with Crippen LogP contribution in [-0.2, 0) is 0 Å². The van der Waals surface area contributed by atoms with Gasteiger partial charge in [0.2, 0.25) is 0 Å². The van der Waals surface area contributed by atoms with E-state index in [4.69, 9.17) is 4.52 Å². The fourth-order valence-corrected chi connectivity index (χ4v) is 2.36. The summed E-state index contributed by atoms with van der Waals surface area (Å²) >= 11 is 0. The van der Waals surface area contributed by atoms with Gasteiger partial charge in [0.05, 0.1) is 11.2 Å². The van der Waals surface area contributed by atoms with Crippen LogP contribution in [-0.4, -0.2) is 16.0 Å². The van der Waals surface area contributed by atoms with E-state index in [0.29, 0.717) is 11.6 Å². The van der Waals surface area contributed by atoms with Crippen LogP contribution in [0.15, 0.2) is 47.1 Å². The molecule has 1 amide bonds. The molecule has 5 nitrogen and oxygen atoms in total. The number of carbonyl (C=O) groups is 1. The molecule has 0 atom stereocenters. The van der Waals surface area contributed by atoms with E-state index in [9.17, 15) is 4.79 Å². The zero-order valence-corrected chi connectivity index (χ0v) is 11.2. The Morgan fingerprint density at radius 2 is 2.14 bits per heavy atom. The lowest BCUT2D eigenvalue weighted by Gasteiger charge is -2.06. The first-order valence-corrected chi connectivity index (χ1v) is 6.93. The predicted octanol–water partition coefficient (Wildman–Crippen LogP) is 3.35. The van der Waals surface area contributed by atoms with E-state index in [-0.39, 0.29) is 5.91 Å². The Bertz CT molecular complexity index is 816. The lowest BCUT2D eigenvalue weighted by molar-refractivity contribution is 0.101. The lowest BCUT2D eigenvalue weighted by Crippen LogP contribution is -2.12. The summed E-state index contributed by atoms with van der Waals surface area (Å²) in [4.78, 5) is 16.5. The Kier molecular flexibility index (Phi) is 2.70. The van der Waals surface area contributed by atoms with Crippen LogP contribution in [0, 0.1) is 0 Å². The van der Waals surface area contributed by atoms with Crippen molar-refractivity contribution in [3.63, 3.8) is 0 Å². The third-order valence-electron chi connectivity index (χ3n) is 3.63. The second kappa shape index (κ2) is 4.70. The number of hydrogen-bond donors (Lipinski definition) is 1. The second-order valence-electron chi connectivity index (χ2n) is 5.22. The van der Waals surface area contributed by atoms with Gasteiger partial charge in [-0.05, 0) is 37.1 Å². The van der Waals surface area contributed by atoms with Gasteiger partial charge >= 0.3 is 0 Å². The molecule has 0 spiro atoms. The molecule has 0 saturated heterocycles. The molecular formula is C16H13N3O2. The fraction of sp³-hybridized carbons (Fsp3) is 0.188. The van der Waals surface area contributed by atoms with Crippen molar-refractivity contribution in [1.82, 2.24) is 10.1 Å². The molecule has 21 heavy (non-hydrogen) atoms. The number of rotatable bonds is 3. The highest BCUT2D eigenvalue weighted by molar-refractivity contribution is 6.07. The SMILES string of the molecule is O=C(Nc1cccc2ncccc12)c1cc(C2CC2)on1. The summed E-state index contributed by atoms with van der Waals surface area (Å²) in [6, 6.07) is 11.1. The molecule has 1 saturated carbocycles. The van der Waals surface area contributed by atoms with Gasteiger partial charge < -0.3 is 9.84 Å². The molecule has 1 fully saturated rings. The molecule has 104 valence electrons. The maximum Gasteiger partial charge on any atom is 0.277 e. The number of anilines is 1. The summed E-state index contributed by atoms with van der Waals surface area (Å²) in [7, 11) is 0. The van der Waals surface area contributed by atoms with Gasteiger partial charge in [0.25, 0.3) is 5.91 Å². The highest BCUT2D eigenvalue weighted by atomic mass is 16.5. The van der Waals surface area contributed by atoms with E-state index >= 15 is 0 Å². The van der Waals surface area contributed by atoms with Crippen molar-refractivity contribution in [2.24, 2.45) is 0 Å². The van der Waals surface area contributed by atoms with Crippen molar-refractivity contribution in [3.8, 4) is 0 Å². The molecule has 2 aromatic heterocycles. The van der Waals surface area contributed by atoms with Crippen molar-refractivity contribution in [1.29, 1.82) is 0 Å². The highest BCUT2D eigenvalue weighted by Gasteiger charge is 2.28. The molecule has 4 rings (SSSR count). The average Bonchev–Trinajstić information content (AvgIpc) is 3.25. The number of fused-ring (bicyclic) bond motifs is 1. The van der Waals surface area contributed by atoms with E-state index in [0.717, 1.165) is 35.2 Å². The molecule has 3 aromatic rings. The van der Waals surface area contributed by atoms with Crippen molar-refractivity contribution < 1.29 is 9.32 Å². The third-order valence-corrected chi connectivity index (χ3v) is 3.63. The minimum absolute atomic E-state index is 0.262. The molecule has 1 aliphatic rings. The fourth-order valence-electron chi connectivity index (χ4n) is 2.36. The monoisotopic (exact) mass is 279 g/mol. The van der Waals surface area contributed by atoms with Gasteiger partial charge in [0.15, 0.2) is 5.69 Å². The second-order valence-corrected chi connectivity index (χ2v) is 5.22. The lowest BCUT2D eigenvalue weighted by atomic mass is 10.2. The summed E-state index contributed by atoms with van der Waals surface area (Å²) < 4.78 is 5.21. The summed E-state index contributed by atoms with van der Waals surface area (Å²) in [6.07, 6.45) is 3.96. The van der Waals surface area contributed by atoms with Crippen molar-refractivity contribution in [2.75, 3.05) is 5.32 Å². The molecule has 2 heterocycles. The summed E-state index contributed by atoms with van der Waals surface area (Å²) in [5.74, 6) is 0.988. The Morgan fingerprint density at radius 1 is 1.24 bits per heavy atom. The Hall–Kier alpha value is -2.69. The first-order chi connectivity index (χ1) is 10.3. The van der Waals surface area contributed by atoms with E-state index in [1.54, 1.807) is 12.3 Å². The Balaban J connectivity index is 1.62. The number of nitrogens with one attached hydrogen (secondary N) is 1. The molecule has 0 radical (unpaired) electrons. The van der Waals surface area contributed by atoms with Crippen LogP contribution in [0.1, 0.15) is 35.0 Å². The molecule has 0 unspecified atom stereocenters. The van der Waals surface area contributed by atoms with Gasteiger partial charge in [-0.15, -0.1) is 0 Å². The predicted molar refractivity (Wildman–Crippen MR) is 78.2 cm³/mol. The van der Waals surface area contributed by atoms with Crippen LogP contribution >= 0.6 is 0 Å². The Morgan fingerprint density at radius 3 is 3.00 bits per heavy atom. The van der Waals surface area contributed by atoms with Gasteiger partial charge in [-0.3, -0.25) is 9.78 Å². The maximum absolute atomic E-state index is 12.3. The summed E-state index contributed by atoms with van der Waals surface area (Å²) in [5, 5.41) is 7.63. The molecule has 0 aliphatic heterocycles. The van der Waals surface area contributed by atoms with E-state index in [2.05, 4.69) is 15.5 Å². The van der Waals surface area contributed by atoms with Gasteiger partial charge in [0, 0.05) is 23.6 Å². The van der Waals surface area contributed by atoms with Gasteiger partial charge in [-0.25, -0.2) is 0 Å². The minimum Gasteiger partial charge on any atom is -0.360 e. The van der Waals surface area contributed by atoms with Gasteiger partial charge in [-0.1, -0.05) is 11.2 Å². The normalized spacial score (nSPS) is 14.3. The smallest absolute Gasteiger partial charge is 0.277 e. The molecule has 1 N–H and O–H groups in total. The molecule has 1 aromatic carbocycles. The van der Waals surface area contributed by atoms with Crippen LogP contribution in [0.2, 0.25) is 0 Å². The number of carbonyl (C=O) groups excluding carboxylic acids is 1. The third kappa shape index (κ3) is 2.27. The first kappa shape index (κ1) is 12.1. The molecule has 1 aliphatic carbocycles. The summed E-state index contributed by atoms with van der Waals surface area (Å²) in [6.45, 7) is 0. The van der Waals surface area contributed by atoms with Crippen molar-refractivity contribution in [2.45, 2.75) is 18.8 Å². The van der Waals surface area contributed by atoms with Crippen LogP contribution < -0.4 is 5.32 Å². The van der Waals surface area contributed by atoms with Crippen LogP contribution in [0.3, 0.4) is 0 Å². The average molecular weight is 279 g/mol. The number of benzene rings is 1. The molecule has 5 heteroatoms. The zero-order valence-electron chi connectivity index (χ0n) is 11.2. The van der Waals surface area contributed by atoms with Gasteiger partial charge in [0.1, 0.15) is 5.76 Å². The number of aromatic nitrogens is 2. The number of pyridine rings is 1. The van der Waals surface area contributed by atoms with Crippen LogP contribution in [0.25, 0.3) is 10.9 Å². The number of hydrogen-bond acceptors (Lipinski definition) is 4. The number of nitrogens with zero attached hydrogens (tertiary/aromatic N) is 2. The van der Waals surface area contributed by atoms with Gasteiger partial charge in [-0.2, -0.15) is 0 Å². The Labute approximate surface area is 121 Å². The quantitative estimate of drug-likeness (QED) is 0.798. The van der Waals surface area contributed by atoms with Crippen molar-refractivity contribution >= 4 is 22.5 Å². The minimum atomic E-state index is -0.262. The first-order valence-electron chi connectivity index (χ1n) is 6.93. The van der Waals surface area contributed by atoms with E-state index < -0.39 is 0 Å². The van der Waals surface area contributed by atoms with Crippen LogP contribution in [0.4, 0.5) is 5.69 Å². The summed E-state index contributed by atoms with van der Waals surface area (Å²) in [5.41, 5.74) is 1.88. The van der Waals surface area contributed by atoms with Crippen molar-refractivity contribution in [3.05, 3.63) is 54.0 Å². The topological polar surface area (TPSA) is 68.0 Å². The standard InChI is InChI=1S/C16H13N3O2/c20-16(14-9-15(21-19-14)10-6-7-10)18-13-5-1-4-12-11(13)3-2-8-17-12/h1-5,8-10H,6-7H2,(H,18,20). The molecule has 0 bridgehead atoms. The molecular weight excluding hydrogens is 266 g/mol. The largest absolute Gasteiger partial charge is 0.360 e. The van der Waals surface area contributed by atoms with E-state index in [1.165, 1.54) is 0 Å². The zero-order chi connectivity index (χ0) is 14.2. The number of amides is 1. The van der Waals surface area contributed by atoms with Crippen LogP contribution in [0.5, 0.6) is 0 Å².